The topological polar surface area (TPSA) is 67.2 Å². The fourth-order valence-corrected chi connectivity index (χ4v) is 1.98. The maximum absolute atomic E-state index is 13.3. The molecule has 0 aliphatic heterocycles. The van der Waals surface area contributed by atoms with Crippen LogP contribution in [0.5, 0.6) is 0 Å². The molecule has 0 atom stereocenters. The van der Waals surface area contributed by atoms with Gasteiger partial charge in [-0.05, 0) is 55.3 Å². The Kier molecular flexibility index (Phi) is 4.00. The van der Waals surface area contributed by atoms with Crippen LogP contribution in [-0.2, 0) is 0 Å². The Balaban J connectivity index is 2.28. The summed E-state index contributed by atoms with van der Waals surface area (Å²) in [5.41, 5.74) is 5.55. The van der Waals surface area contributed by atoms with E-state index in [-0.39, 0.29) is 11.7 Å². The lowest BCUT2D eigenvalue weighted by molar-refractivity contribution is 0.102. The van der Waals surface area contributed by atoms with E-state index in [9.17, 15) is 9.18 Å². The van der Waals surface area contributed by atoms with Crippen LogP contribution in [0.2, 0.25) is 0 Å². The number of benzene rings is 2. The molecule has 0 aliphatic rings. The van der Waals surface area contributed by atoms with Gasteiger partial charge in [-0.2, -0.15) is 0 Å². The number of amides is 1. The molecule has 2 aromatic rings. The van der Waals surface area contributed by atoms with Gasteiger partial charge in [-0.25, -0.2) is 4.39 Å². The second kappa shape index (κ2) is 5.71. The summed E-state index contributed by atoms with van der Waals surface area (Å²) < 4.78 is 13.3. The molecule has 0 radical (unpaired) electrons. The van der Waals surface area contributed by atoms with Crippen LogP contribution >= 0.6 is 0 Å². The van der Waals surface area contributed by atoms with E-state index in [0.717, 1.165) is 11.1 Å². The van der Waals surface area contributed by atoms with Crippen LogP contribution < -0.4 is 16.6 Å². The number of hydrogen-bond donors (Lipinski definition) is 3. The van der Waals surface area contributed by atoms with Crippen molar-refractivity contribution in [3.05, 3.63) is 58.9 Å². The third-order valence-electron chi connectivity index (χ3n) is 2.88. The first-order valence-corrected chi connectivity index (χ1v) is 6.15. The summed E-state index contributed by atoms with van der Waals surface area (Å²) in [6, 6.07) is 9.62. The highest BCUT2D eigenvalue weighted by molar-refractivity contribution is 6.08. The SMILES string of the molecule is Cc1cc(F)cc(NC(=O)c2ccc(C)cc2NN)c1. The Morgan fingerprint density at radius 1 is 1.10 bits per heavy atom. The predicted molar refractivity (Wildman–Crippen MR) is 78.1 cm³/mol. The third kappa shape index (κ3) is 3.13. The lowest BCUT2D eigenvalue weighted by atomic mass is 10.1. The Hall–Kier alpha value is -2.40. The molecule has 0 saturated carbocycles. The molecular weight excluding hydrogens is 257 g/mol. The van der Waals surface area contributed by atoms with E-state index < -0.39 is 0 Å². The first kappa shape index (κ1) is 14.0. The minimum atomic E-state index is -0.388. The summed E-state index contributed by atoms with van der Waals surface area (Å²) >= 11 is 0. The molecule has 0 bridgehead atoms. The van der Waals surface area contributed by atoms with Gasteiger partial charge in [0.15, 0.2) is 0 Å². The van der Waals surface area contributed by atoms with Crippen LogP contribution in [0.4, 0.5) is 15.8 Å². The number of halogens is 1. The van der Waals surface area contributed by atoms with Gasteiger partial charge in [0.25, 0.3) is 5.91 Å². The van der Waals surface area contributed by atoms with Crippen LogP contribution in [0.3, 0.4) is 0 Å². The van der Waals surface area contributed by atoms with Gasteiger partial charge in [-0.15, -0.1) is 0 Å². The Morgan fingerprint density at radius 3 is 2.50 bits per heavy atom. The average molecular weight is 273 g/mol. The molecule has 2 aromatic carbocycles. The second-order valence-electron chi connectivity index (χ2n) is 4.66. The molecule has 0 unspecified atom stereocenters. The van der Waals surface area contributed by atoms with Crippen molar-refractivity contribution >= 4 is 17.3 Å². The number of carbonyl (C=O) groups is 1. The zero-order valence-electron chi connectivity index (χ0n) is 11.3. The van der Waals surface area contributed by atoms with Gasteiger partial charge in [0, 0.05) is 5.69 Å². The number of nitrogens with two attached hydrogens (primary N) is 1. The van der Waals surface area contributed by atoms with Crippen molar-refractivity contribution in [3.8, 4) is 0 Å². The maximum Gasteiger partial charge on any atom is 0.257 e. The molecule has 0 aliphatic carbocycles. The number of aryl methyl sites for hydroxylation is 2. The van der Waals surface area contributed by atoms with Gasteiger partial charge >= 0.3 is 0 Å². The molecule has 20 heavy (non-hydrogen) atoms. The highest BCUT2D eigenvalue weighted by atomic mass is 19.1. The standard InChI is InChI=1S/C15H16FN3O/c1-9-3-4-13(14(7-9)19-17)15(20)18-12-6-10(2)5-11(16)8-12/h3-8,19H,17H2,1-2H3,(H,18,20). The molecule has 0 saturated heterocycles. The van der Waals surface area contributed by atoms with Crippen LogP contribution in [0, 0.1) is 19.7 Å². The van der Waals surface area contributed by atoms with Gasteiger partial charge in [0.1, 0.15) is 5.82 Å². The summed E-state index contributed by atoms with van der Waals surface area (Å²) in [6.07, 6.45) is 0. The van der Waals surface area contributed by atoms with E-state index in [1.165, 1.54) is 12.1 Å². The normalized spacial score (nSPS) is 10.2. The van der Waals surface area contributed by atoms with Crippen LogP contribution in [0.15, 0.2) is 36.4 Å². The number of hydrazine groups is 1. The van der Waals surface area contributed by atoms with E-state index in [2.05, 4.69) is 10.7 Å². The molecule has 1 amide bonds. The summed E-state index contributed by atoms with van der Waals surface area (Å²) in [6.45, 7) is 3.66. The van der Waals surface area contributed by atoms with Crippen LogP contribution in [0.1, 0.15) is 21.5 Å². The fraction of sp³-hybridized carbons (Fsp3) is 0.133. The largest absolute Gasteiger partial charge is 0.323 e. The van der Waals surface area contributed by atoms with Gasteiger partial charge in [0.05, 0.1) is 11.3 Å². The first-order valence-electron chi connectivity index (χ1n) is 6.15. The monoisotopic (exact) mass is 273 g/mol. The van der Waals surface area contributed by atoms with Crippen molar-refractivity contribution in [2.24, 2.45) is 5.84 Å². The molecule has 0 fully saturated rings. The van der Waals surface area contributed by atoms with E-state index >= 15 is 0 Å². The molecule has 4 nitrogen and oxygen atoms in total. The van der Waals surface area contributed by atoms with Crippen molar-refractivity contribution in [1.82, 2.24) is 0 Å². The van der Waals surface area contributed by atoms with E-state index in [1.54, 1.807) is 25.1 Å². The molecular formula is C15H16FN3O. The van der Waals surface area contributed by atoms with Crippen LogP contribution in [-0.4, -0.2) is 5.91 Å². The minimum Gasteiger partial charge on any atom is -0.323 e. The zero-order valence-corrected chi connectivity index (χ0v) is 11.3. The summed E-state index contributed by atoms with van der Waals surface area (Å²) in [5, 5.41) is 2.66. The molecule has 2 rings (SSSR count). The number of nitrogen functional groups attached to an aromatic ring is 1. The number of rotatable bonds is 3. The quantitative estimate of drug-likeness (QED) is 0.595. The number of hydrogen-bond acceptors (Lipinski definition) is 3. The zero-order chi connectivity index (χ0) is 14.7. The molecule has 0 spiro atoms. The Morgan fingerprint density at radius 2 is 1.85 bits per heavy atom. The number of carbonyl (C=O) groups excluding carboxylic acids is 1. The predicted octanol–water partition coefficient (Wildman–Crippen LogP) is 2.98. The lowest BCUT2D eigenvalue weighted by Crippen LogP contribution is -2.17. The summed E-state index contributed by atoms with van der Waals surface area (Å²) in [4.78, 5) is 12.2. The number of anilines is 2. The van der Waals surface area contributed by atoms with Gasteiger partial charge in [-0.3, -0.25) is 10.6 Å². The first-order chi connectivity index (χ1) is 9.49. The van der Waals surface area contributed by atoms with E-state index in [0.29, 0.717) is 16.9 Å². The van der Waals surface area contributed by atoms with E-state index in [4.69, 9.17) is 5.84 Å². The molecule has 4 N–H and O–H groups in total. The van der Waals surface area contributed by atoms with Gasteiger partial charge < -0.3 is 10.7 Å². The highest BCUT2D eigenvalue weighted by Crippen LogP contribution is 2.19. The summed E-state index contributed by atoms with van der Waals surface area (Å²) in [7, 11) is 0. The van der Waals surface area contributed by atoms with E-state index in [1.807, 2.05) is 13.0 Å². The average Bonchev–Trinajstić information content (AvgIpc) is 2.37. The molecule has 0 heterocycles. The lowest BCUT2D eigenvalue weighted by Gasteiger charge is -2.11. The van der Waals surface area contributed by atoms with Crippen molar-refractivity contribution in [2.45, 2.75) is 13.8 Å². The van der Waals surface area contributed by atoms with Crippen molar-refractivity contribution in [2.75, 3.05) is 10.7 Å². The molecule has 104 valence electrons. The van der Waals surface area contributed by atoms with Crippen molar-refractivity contribution < 1.29 is 9.18 Å². The molecule has 5 heteroatoms. The van der Waals surface area contributed by atoms with Crippen LogP contribution in [0.25, 0.3) is 0 Å². The third-order valence-corrected chi connectivity index (χ3v) is 2.88. The van der Waals surface area contributed by atoms with Crippen molar-refractivity contribution in [1.29, 1.82) is 0 Å². The minimum absolute atomic E-state index is 0.344. The Labute approximate surface area is 116 Å². The van der Waals surface area contributed by atoms with Gasteiger partial charge in [0.2, 0.25) is 0 Å². The van der Waals surface area contributed by atoms with Crippen molar-refractivity contribution in [3.63, 3.8) is 0 Å². The smallest absolute Gasteiger partial charge is 0.257 e. The number of nitrogens with one attached hydrogen (secondary N) is 2. The molecule has 0 aromatic heterocycles. The second-order valence-corrected chi connectivity index (χ2v) is 4.66. The maximum atomic E-state index is 13.3. The highest BCUT2D eigenvalue weighted by Gasteiger charge is 2.12. The summed E-state index contributed by atoms with van der Waals surface area (Å²) in [5.74, 6) is 4.68. The van der Waals surface area contributed by atoms with Gasteiger partial charge in [-0.1, -0.05) is 6.07 Å². The Bertz CT molecular complexity index is 635. The fourth-order valence-electron chi connectivity index (χ4n) is 1.98.